The van der Waals surface area contributed by atoms with Crippen molar-refractivity contribution in [1.82, 2.24) is 5.32 Å². The van der Waals surface area contributed by atoms with Crippen LogP contribution in [0.15, 0.2) is 24.3 Å². The first kappa shape index (κ1) is 18.1. The van der Waals surface area contributed by atoms with Crippen molar-refractivity contribution in [2.75, 3.05) is 23.7 Å². The van der Waals surface area contributed by atoms with Crippen LogP contribution in [0.1, 0.15) is 32.1 Å². The Balaban J connectivity index is 1.97. The fraction of sp³-hybridized carbons (Fsp3) is 0.562. The Kier molecular flexibility index (Phi) is 6.30. The molecule has 1 aliphatic carbocycles. The molecule has 23 heavy (non-hydrogen) atoms. The first-order chi connectivity index (χ1) is 10.9. The minimum Gasteiger partial charge on any atom is -0.354 e. The van der Waals surface area contributed by atoms with E-state index in [0.717, 1.165) is 23.4 Å². The van der Waals surface area contributed by atoms with Crippen LogP contribution in [0.25, 0.3) is 0 Å². The second-order valence-electron chi connectivity index (χ2n) is 6.05. The van der Waals surface area contributed by atoms with Gasteiger partial charge >= 0.3 is 0 Å². The number of nitrogens with one attached hydrogen (secondary N) is 1. The Morgan fingerprint density at radius 2 is 1.83 bits per heavy atom. The number of benzene rings is 1. The van der Waals surface area contributed by atoms with Gasteiger partial charge in [-0.2, -0.15) is 0 Å². The zero-order valence-electron chi connectivity index (χ0n) is 13.3. The fourth-order valence-corrected chi connectivity index (χ4v) is 3.83. The highest BCUT2D eigenvalue weighted by atomic mass is 35.5. The quantitative estimate of drug-likeness (QED) is 0.850. The topological polar surface area (TPSA) is 66.5 Å². The summed E-state index contributed by atoms with van der Waals surface area (Å²) in [5.74, 6) is 0.228. The van der Waals surface area contributed by atoms with Gasteiger partial charge in [0, 0.05) is 11.6 Å². The lowest BCUT2D eigenvalue weighted by molar-refractivity contribution is -0.119. The van der Waals surface area contributed by atoms with Gasteiger partial charge in [0.05, 0.1) is 11.9 Å². The van der Waals surface area contributed by atoms with E-state index in [1.54, 1.807) is 24.3 Å². The molecule has 1 aromatic rings. The molecule has 1 N–H and O–H groups in total. The van der Waals surface area contributed by atoms with Crippen LogP contribution in [0.4, 0.5) is 5.69 Å². The largest absolute Gasteiger partial charge is 0.354 e. The summed E-state index contributed by atoms with van der Waals surface area (Å²) in [5.41, 5.74) is 0.435. The van der Waals surface area contributed by atoms with Gasteiger partial charge in [0.15, 0.2) is 0 Å². The van der Waals surface area contributed by atoms with E-state index in [4.69, 9.17) is 11.6 Å². The van der Waals surface area contributed by atoms with Crippen molar-refractivity contribution in [2.24, 2.45) is 5.92 Å². The molecule has 0 bridgehead atoms. The molecule has 0 heterocycles. The lowest BCUT2D eigenvalue weighted by Crippen LogP contribution is -2.41. The highest BCUT2D eigenvalue weighted by Gasteiger charge is 2.21. The van der Waals surface area contributed by atoms with E-state index in [1.807, 2.05) is 0 Å². The van der Waals surface area contributed by atoms with E-state index < -0.39 is 10.0 Å². The Bertz CT molecular complexity index is 625. The van der Waals surface area contributed by atoms with Crippen LogP contribution in [0.3, 0.4) is 0 Å². The van der Waals surface area contributed by atoms with Gasteiger partial charge in [0.25, 0.3) is 0 Å². The number of sulfonamides is 1. The minimum atomic E-state index is -3.54. The van der Waals surface area contributed by atoms with Crippen molar-refractivity contribution in [2.45, 2.75) is 32.1 Å². The van der Waals surface area contributed by atoms with Crippen LogP contribution < -0.4 is 9.62 Å². The van der Waals surface area contributed by atoms with Gasteiger partial charge in [-0.15, -0.1) is 0 Å². The summed E-state index contributed by atoms with van der Waals surface area (Å²) in [6.07, 6.45) is 7.04. The number of amides is 1. The van der Waals surface area contributed by atoms with Gasteiger partial charge in [-0.25, -0.2) is 8.42 Å². The minimum absolute atomic E-state index is 0.215. The maximum Gasteiger partial charge on any atom is 0.240 e. The molecule has 1 fully saturated rings. The number of hydrogen-bond donors (Lipinski definition) is 1. The molecule has 0 aliphatic heterocycles. The molecule has 128 valence electrons. The summed E-state index contributed by atoms with van der Waals surface area (Å²) in [4.78, 5) is 12.1. The Hall–Kier alpha value is -1.27. The number of rotatable bonds is 6. The van der Waals surface area contributed by atoms with E-state index in [2.05, 4.69) is 5.32 Å². The molecular weight excluding hydrogens is 336 g/mol. The molecule has 1 saturated carbocycles. The van der Waals surface area contributed by atoms with Gasteiger partial charge in [-0.3, -0.25) is 9.10 Å². The zero-order valence-corrected chi connectivity index (χ0v) is 14.9. The van der Waals surface area contributed by atoms with E-state index in [0.29, 0.717) is 23.2 Å². The second-order valence-corrected chi connectivity index (χ2v) is 8.40. The van der Waals surface area contributed by atoms with Gasteiger partial charge in [-0.1, -0.05) is 30.9 Å². The third-order valence-corrected chi connectivity index (χ3v) is 5.51. The van der Waals surface area contributed by atoms with Crippen molar-refractivity contribution < 1.29 is 13.2 Å². The van der Waals surface area contributed by atoms with Crippen molar-refractivity contribution in [3.8, 4) is 0 Å². The Morgan fingerprint density at radius 3 is 2.39 bits per heavy atom. The summed E-state index contributed by atoms with van der Waals surface area (Å²) in [7, 11) is -3.54. The molecule has 0 radical (unpaired) electrons. The van der Waals surface area contributed by atoms with Gasteiger partial charge in [0.1, 0.15) is 6.54 Å². The van der Waals surface area contributed by atoms with Crippen LogP contribution in [0, 0.1) is 5.92 Å². The van der Waals surface area contributed by atoms with E-state index >= 15 is 0 Å². The molecule has 1 aliphatic rings. The molecule has 0 atom stereocenters. The molecule has 7 heteroatoms. The summed E-state index contributed by atoms with van der Waals surface area (Å²) in [5, 5.41) is 3.38. The number of hydrogen-bond acceptors (Lipinski definition) is 3. The van der Waals surface area contributed by atoms with Crippen LogP contribution in [0.5, 0.6) is 0 Å². The number of carbonyl (C=O) groups is 1. The second kappa shape index (κ2) is 8.02. The van der Waals surface area contributed by atoms with Gasteiger partial charge in [0.2, 0.25) is 15.9 Å². The molecule has 0 spiro atoms. The number of carbonyl (C=O) groups excluding carboxylic acids is 1. The van der Waals surface area contributed by atoms with Crippen molar-refractivity contribution >= 4 is 33.2 Å². The maximum atomic E-state index is 12.1. The normalized spacial score (nSPS) is 16.1. The predicted octanol–water partition coefficient (Wildman–Crippen LogP) is 2.80. The molecule has 1 amide bonds. The predicted molar refractivity (Wildman–Crippen MR) is 93.2 cm³/mol. The lowest BCUT2D eigenvalue weighted by atomic mass is 9.89. The van der Waals surface area contributed by atoms with Crippen molar-refractivity contribution in [3.63, 3.8) is 0 Å². The first-order valence-corrected chi connectivity index (χ1v) is 10.1. The average Bonchev–Trinajstić information content (AvgIpc) is 2.52. The Morgan fingerprint density at radius 1 is 1.22 bits per heavy atom. The SMILES string of the molecule is CS(=O)(=O)N(CC(=O)NCC1CCCCC1)c1ccc(Cl)cc1. The fourth-order valence-electron chi connectivity index (χ4n) is 2.84. The summed E-state index contributed by atoms with van der Waals surface area (Å²) in [6, 6.07) is 6.40. The number of halogens is 1. The number of anilines is 1. The molecule has 5 nitrogen and oxygen atoms in total. The third kappa shape index (κ3) is 5.70. The summed E-state index contributed by atoms with van der Waals surface area (Å²) >= 11 is 5.82. The van der Waals surface area contributed by atoms with Crippen LogP contribution in [-0.4, -0.2) is 33.7 Å². The molecule has 2 rings (SSSR count). The van der Waals surface area contributed by atoms with Crippen LogP contribution in [0.2, 0.25) is 5.02 Å². The lowest BCUT2D eigenvalue weighted by Gasteiger charge is -2.24. The summed E-state index contributed by atoms with van der Waals surface area (Å²) in [6.45, 7) is 0.407. The van der Waals surface area contributed by atoms with E-state index in [9.17, 15) is 13.2 Å². The Labute approximate surface area is 143 Å². The van der Waals surface area contributed by atoms with E-state index in [1.165, 1.54) is 19.3 Å². The number of nitrogens with zero attached hydrogens (tertiary/aromatic N) is 1. The highest BCUT2D eigenvalue weighted by molar-refractivity contribution is 7.92. The molecule has 1 aromatic carbocycles. The molecule has 0 unspecified atom stereocenters. The van der Waals surface area contributed by atoms with Crippen molar-refractivity contribution in [3.05, 3.63) is 29.3 Å². The van der Waals surface area contributed by atoms with E-state index in [-0.39, 0.29) is 12.5 Å². The van der Waals surface area contributed by atoms with Crippen LogP contribution in [-0.2, 0) is 14.8 Å². The zero-order chi connectivity index (χ0) is 16.9. The van der Waals surface area contributed by atoms with Crippen molar-refractivity contribution in [1.29, 1.82) is 0 Å². The van der Waals surface area contributed by atoms with Gasteiger partial charge in [-0.05, 0) is 43.0 Å². The monoisotopic (exact) mass is 358 g/mol. The first-order valence-electron chi connectivity index (χ1n) is 7.86. The van der Waals surface area contributed by atoms with Gasteiger partial charge < -0.3 is 5.32 Å². The van der Waals surface area contributed by atoms with Crippen LogP contribution >= 0.6 is 11.6 Å². The summed E-state index contributed by atoms with van der Waals surface area (Å²) < 4.78 is 25.0. The molecule has 0 saturated heterocycles. The standard InChI is InChI=1S/C16H23ClN2O3S/c1-23(21,22)19(15-9-7-14(17)8-10-15)12-16(20)18-11-13-5-3-2-4-6-13/h7-10,13H,2-6,11-12H2,1H3,(H,18,20). The maximum absolute atomic E-state index is 12.1. The molecule has 0 aromatic heterocycles. The highest BCUT2D eigenvalue weighted by Crippen LogP contribution is 2.23. The average molecular weight is 359 g/mol. The smallest absolute Gasteiger partial charge is 0.240 e. The third-order valence-electron chi connectivity index (χ3n) is 4.11. The molecular formula is C16H23ClN2O3S.